The number of carbonyl (C=O) groups is 4. The lowest BCUT2D eigenvalue weighted by Crippen LogP contribution is -2.54. The highest BCUT2D eigenvalue weighted by molar-refractivity contribution is 6.31. The van der Waals surface area contributed by atoms with Crippen molar-refractivity contribution in [1.82, 2.24) is 25.6 Å². The van der Waals surface area contributed by atoms with Gasteiger partial charge in [-0.05, 0) is 30.2 Å². The summed E-state index contributed by atoms with van der Waals surface area (Å²) in [4.78, 5) is 54.6. The number of carbonyl (C=O) groups excluding carboxylic acids is 4. The van der Waals surface area contributed by atoms with Crippen LogP contribution in [0.5, 0.6) is 0 Å². The molecule has 10 heteroatoms. The van der Waals surface area contributed by atoms with Crippen molar-refractivity contribution in [2.24, 2.45) is 0 Å². The molecule has 4 rings (SSSR count). The Kier molecular flexibility index (Phi) is 6.85. The first-order valence-corrected chi connectivity index (χ1v) is 11.5. The molecule has 0 aromatic heterocycles. The molecule has 2 saturated heterocycles. The normalized spacial score (nSPS) is 20.9. The van der Waals surface area contributed by atoms with E-state index in [1.54, 1.807) is 60.4 Å². The Morgan fingerprint density at radius 1 is 1.03 bits per heavy atom. The van der Waals surface area contributed by atoms with Gasteiger partial charge in [0.15, 0.2) is 0 Å². The molecule has 2 aromatic rings. The summed E-state index contributed by atoms with van der Waals surface area (Å²) in [7, 11) is 0. The first-order valence-electron chi connectivity index (χ1n) is 11.1. The molecular formula is C24H26ClN5O4. The minimum absolute atomic E-state index is 0.000712. The molecule has 2 aliphatic rings. The van der Waals surface area contributed by atoms with E-state index in [4.69, 9.17) is 11.6 Å². The molecular weight excluding hydrogens is 458 g/mol. The molecule has 1 atom stereocenters. The van der Waals surface area contributed by atoms with Crippen LogP contribution < -0.4 is 10.7 Å². The van der Waals surface area contributed by atoms with Crippen molar-refractivity contribution in [3.63, 3.8) is 0 Å². The quantitative estimate of drug-likeness (QED) is 0.612. The molecule has 34 heavy (non-hydrogen) atoms. The van der Waals surface area contributed by atoms with Gasteiger partial charge in [-0.25, -0.2) is 4.79 Å². The van der Waals surface area contributed by atoms with Gasteiger partial charge in [0.1, 0.15) is 5.54 Å². The van der Waals surface area contributed by atoms with Gasteiger partial charge in [-0.2, -0.15) is 5.01 Å². The molecule has 1 unspecified atom stereocenters. The number of nitrogens with zero attached hydrogens (tertiary/aromatic N) is 3. The fraction of sp³-hybridized carbons (Fsp3) is 0.333. The molecule has 9 nitrogen and oxygen atoms in total. The zero-order valence-electron chi connectivity index (χ0n) is 18.8. The van der Waals surface area contributed by atoms with E-state index in [0.717, 1.165) is 5.01 Å². The Morgan fingerprint density at radius 2 is 1.74 bits per heavy atom. The van der Waals surface area contributed by atoms with Gasteiger partial charge >= 0.3 is 6.03 Å². The van der Waals surface area contributed by atoms with Crippen LogP contribution in [0.15, 0.2) is 54.6 Å². The largest absolute Gasteiger partial charge is 0.344 e. The molecule has 0 saturated carbocycles. The SMILES string of the molecule is CCC1(c2ccccc2)NC(=O)N(NC(=O)CN2CCN(C(=O)c3cccc(Cl)c3)CC2)C1=O. The molecule has 2 aromatic carbocycles. The van der Waals surface area contributed by atoms with Gasteiger partial charge in [0.25, 0.3) is 17.7 Å². The van der Waals surface area contributed by atoms with Crippen LogP contribution in [0.4, 0.5) is 4.79 Å². The van der Waals surface area contributed by atoms with E-state index in [-0.39, 0.29) is 12.5 Å². The van der Waals surface area contributed by atoms with Gasteiger partial charge in [0, 0.05) is 36.8 Å². The monoisotopic (exact) mass is 483 g/mol. The minimum Gasteiger partial charge on any atom is -0.336 e. The molecule has 0 spiro atoms. The van der Waals surface area contributed by atoms with E-state index in [0.29, 0.717) is 48.7 Å². The number of hydrogen-bond acceptors (Lipinski definition) is 5. The number of rotatable bonds is 6. The van der Waals surface area contributed by atoms with E-state index >= 15 is 0 Å². The molecule has 0 aliphatic carbocycles. The number of amides is 5. The van der Waals surface area contributed by atoms with Crippen molar-refractivity contribution in [3.8, 4) is 0 Å². The smallest absolute Gasteiger partial charge is 0.336 e. The number of urea groups is 1. The highest BCUT2D eigenvalue weighted by atomic mass is 35.5. The van der Waals surface area contributed by atoms with Crippen LogP contribution >= 0.6 is 11.6 Å². The van der Waals surface area contributed by atoms with Gasteiger partial charge in [-0.15, -0.1) is 0 Å². The molecule has 0 radical (unpaired) electrons. The van der Waals surface area contributed by atoms with Crippen molar-refractivity contribution >= 4 is 35.4 Å². The number of halogens is 1. The summed E-state index contributed by atoms with van der Waals surface area (Å²) in [6, 6.07) is 15.1. The number of piperazine rings is 1. The molecule has 2 fully saturated rings. The van der Waals surface area contributed by atoms with Crippen molar-refractivity contribution in [2.45, 2.75) is 18.9 Å². The van der Waals surface area contributed by atoms with Crippen LogP contribution in [0.25, 0.3) is 0 Å². The summed E-state index contributed by atoms with van der Waals surface area (Å²) in [5.74, 6) is -1.10. The van der Waals surface area contributed by atoms with Gasteiger partial charge in [0.05, 0.1) is 6.54 Å². The Hall–Kier alpha value is -3.43. The Morgan fingerprint density at radius 3 is 2.38 bits per heavy atom. The van der Waals surface area contributed by atoms with Crippen LogP contribution in [-0.2, 0) is 15.1 Å². The topological polar surface area (TPSA) is 102 Å². The maximum atomic E-state index is 13.1. The summed E-state index contributed by atoms with van der Waals surface area (Å²) in [5, 5.41) is 4.00. The third kappa shape index (κ3) is 4.62. The van der Waals surface area contributed by atoms with Gasteiger partial charge in [-0.3, -0.25) is 24.7 Å². The van der Waals surface area contributed by atoms with Gasteiger partial charge in [0.2, 0.25) is 0 Å². The number of imide groups is 1. The number of hydrogen-bond donors (Lipinski definition) is 2. The summed E-state index contributed by atoms with van der Waals surface area (Å²) < 4.78 is 0. The number of nitrogens with one attached hydrogen (secondary N) is 2. The Balaban J connectivity index is 1.32. The van der Waals surface area contributed by atoms with Crippen molar-refractivity contribution in [2.75, 3.05) is 32.7 Å². The van der Waals surface area contributed by atoms with Crippen molar-refractivity contribution < 1.29 is 19.2 Å². The van der Waals surface area contributed by atoms with Crippen LogP contribution in [0.3, 0.4) is 0 Å². The van der Waals surface area contributed by atoms with E-state index < -0.39 is 23.4 Å². The van der Waals surface area contributed by atoms with Crippen molar-refractivity contribution in [1.29, 1.82) is 0 Å². The maximum absolute atomic E-state index is 13.1. The average Bonchev–Trinajstić information content (AvgIpc) is 3.09. The second-order valence-electron chi connectivity index (χ2n) is 8.31. The Labute approximate surface area is 202 Å². The van der Waals surface area contributed by atoms with E-state index in [9.17, 15) is 19.2 Å². The molecule has 5 amide bonds. The third-order valence-electron chi connectivity index (χ3n) is 6.22. The fourth-order valence-electron chi connectivity index (χ4n) is 4.31. The van der Waals surface area contributed by atoms with Gasteiger partial charge in [-0.1, -0.05) is 54.9 Å². The second-order valence-corrected chi connectivity index (χ2v) is 8.75. The fourth-order valence-corrected chi connectivity index (χ4v) is 4.51. The van der Waals surface area contributed by atoms with E-state index in [1.807, 2.05) is 11.0 Å². The average molecular weight is 484 g/mol. The van der Waals surface area contributed by atoms with Crippen LogP contribution in [-0.4, -0.2) is 71.3 Å². The zero-order chi connectivity index (χ0) is 24.3. The van der Waals surface area contributed by atoms with Crippen LogP contribution in [0.2, 0.25) is 5.02 Å². The van der Waals surface area contributed by atoms with Crippen molar-refractivity contribution in [3.05, 3.63) is 70.7 Å². The van der Waals surface area contributed by atoms with Gasteiger partial charge < -0.3 is 10.2 Å². The lowest BCUT2D eigenvalue weighted by Gasteiger charge is -2.34. The van der Waals surface area contributed by atoms with E-state index in [1.165, 1.54) is 0 Å². The summed E-state index contributed by atoms with van der Waals surface area (Å²) in [5.41, 5.74) is 2.42. The molecule has 178 valence electrons. The zero-order valence-corrected chi connectivity index (χ0v) is 19.5. The predicted molar refractivity (Wildman–Crippen MR) is 126 cm³/mol. The second kappa shape index (κ2) is 9.82. The number of benzene rings is 2. The lowest BCUT2D eigenvalue weighted by molar-refractivity contribution is -0.140. The number of hydrazine groups is 1. The first kappa shape index (κ1) is 23.7. The minimum atomic E-state index is -1.21. The van der Waals surface area contributed by atoms with Crippen LogP contribution in [0, 0.1) is 0 Å². The molecule has 2 N–H and O–H groups in total. The predicted octanol–water partition coefficient (Wildman–Crippen LogP) is 1.99. The maximum Gasteiger partial charge on any atom is 0.344 e. The Bertz CT molecular complexity index is 1100. The van der Waals surface area contributed by atoms with E-state index in [2.05, 4.69) is 10.7 Å². The molecule has 0 bridgehead atoms. The summed E-state index contributed by atoms with van der Waals surface area (Å²) in [6.45, 7) is 3.69. The molecule has 2 aliphatic heterocycles. The lowest BCUT2D eigenvalue weighted by atomic mass is 9.87. The highest BCUT2D eigenvalue weighted by Gasteiger charge is 2.52. The third-order valence-corrected chi connectivity index (χ3v) is 6.46. The first-order chi connectivity index (χ1) is 16.3. The standard InChI is InChI=1S/C24H26ClN5O4/c1-2-24(18-8-4-3-5-9-18)22(33)30(23(34)26-24)27-20(31)16-28-11-13-29(14-12-28)21(32)17-7-6-10-19(25)15-17/h3-10,15H,2,11-14,16H2,1H3,(H,26,34)(H,27,31). The van der Waals surface area contributed by atoms with Crippen LogP contribution in [0.1, 0.15) is 29.3 Å². The highest BCUT2D eigenvalue weighted by Crippen LogP contribution is 2.31. The summed E-state index contributed by atoms with van der Waals surface area (Å²) >= 11 is 5.98. The summed E-state index contributed by atoms with van der Waals surface area (Å²) in [6.07, 6.45) is 0.344. The molecule has 2 heterocycles.